The summed E-state index contributed by atoms with van der Waals surface area (Å²) >= 11 is 0. The second-order valence-corrected chi connectivity index (χ2v) is 5.21. The molecule has 114 valence electrons. The Kier molecular flexibility index (Phi) is 9.88. The molecule has 4 nitrogen and oxygen atoms in total. The van der Waals surface area contributed by atoms with E-state index in [1.165, 1.54) is 0 Å². The van der Waals surface area contributed by atoms with Gasteiger partial charge in [0.05, 0.1) is 0 Å². The van der Waals surface area contributed by atoms with Crippen LogP contribution >= 0.6 is 0 Å². The highest BCUT2D eigenvalue weighted by atomic mass is 16.4. The van der Waals surface area contributed by atoms with Crippen LogP contribution in [0.2, 0.25) is 0 Å². The number of aliphatic carboxylic acids is 1. The van der Waals surface area contributed by atoms with Crippen molar-refractivity contribution < 1.29 is 9.90 Å². The maximum Gasteiger partial charge on any atom is 0.323 e. The summed E-state index contributed by atoms with van der Waals surface area (Å²) in [6, 6.07) is 0. The third kappa shape index (κ3) is 6.39. The first-order valence-corrected chi connectivity index (χ1v) is 7.77. The van der Waals surface area contributed by atoms with Crippen LogP contribution in [0.5, 0.6) is 0 Å². The lowest BCUT2D eigenvalue weighted by Gasteiger charge is -2.30. The molecule has 0 aromatic carbocycles. The fourth-order valence-corrected chi connectivity index (χ4v) is 2.44. The maximum atomic E-state index is 11.6. The van der Waals surface area contributed by atoms with Gasteiger partial charge < -0.3 is 15.3 Å². The third-order valence-corrected chi connectivity index (χ3v) is 3.79. The number of rotatable bonds is 12. The molecule has 0 aliphatic rings. The third-order valence-electron chi connectivity index (χ3n) is 3.79. The number of carboxylic acid groups (broad SMARTS) is 1. The van der Waals surface area contributed by atoms with Crippen molar-refractivity contribution in [2.24, 2.45) is 0 Å². The summed E-state index contributed by atoms with van der Waals surface area (Å²) in [5.74, 6) is -0.706. The molecule has 0 spiro atoms. The van der Waals surface area contributed by atoms with Crippen molar-refractivity contribution in [3.8, 4) is 0 Å². The molecule has 0 heterocycles. The fourth-order valence-electron chi connectivity index (χ4n) is 2.44. The molecule has 1 atom stereocenters. The second kappa shape index (κ2) is 10.2. The standard InChI is InChI=1S/C15H32N2O2/c1-5-11-16-15(7-3,14(18)19)10-9-13-17(8-4)12-6-2/h16H,5-13H2,1-4H3,(H,18,19). The molecule has 0 rings (SSSR count). The molecule has 4 heteroatoms. The summed E-state index contributed by atoms with van der Waals surface area (Å²) < 4.78 is 0. The molecular weight excluding hydrogens is 240 g/mol. The zero-order valence-corrected chi connectivity index (χ0v) is 13.2. The van der Waals surface area contributed by atoms with E-state index in [-0.39, 0.29) is 0 Å². The number of carbonyl (C=O) groups is 1. The Morgan fingerprint density at radius 1 is 1.16 bits per heavy atom. The predicted octanol–water partition coefficient (Wildman–Crippen LogP) is 2.73. The van der Waals surface area contributed by atoms with Gasteiger partial charge in [-0.15, -0.1) is 0 Å². The maximum absolute atomic E-state index is 11.6. The van der Waals surface area contributed by atoms with Crippen LogP contribution in [0.4, 0.5) is 0 Å². The van der Waals surface area contributed by atoms with Gasteiger partial charge >= 0.3 is 5.97 Å². The molecule has 0 aromatic heterocycles. The Morgan fingerprint density at radius 3 is 2.26 bits per heavy atom. The van der Waals surface area contributed by atoms with E-state index in [9.17, 15) is 9.90 Å². The molecule has 0 amide bonds. The van der Waals surface area contributed by atoms with Gasteiger partial charge in [-0.2, -0.15) is 0 Å². The highest BCUT2D eigenvalue weighted by molar-refractivity contribution is 5.78. The minimum Gasteiger partial charge on any atom is -0.480 e. The summed E-state index contributed by atoms with van der Waals surface area (Å²) in [5.41, 5.74) is -0.734. The summed E-state index contributed by atoms with van der Waals surface area (Å²) in [6.45, 7) is 12.3. The van der Waals surface area contributed by atoms with Crippen molar-refractivity contribution in [1.82, 2.24) is 10.2 Å². The first-order valence-electron chi connectivity index (χ1n) is 7.77. The van der Waals surface area contributed by atoms with Crippen molar-refractivity contribution in [3.05, 3.63) is 0 Å². The Balaban J connectivity index is 4.36. The lowest BCUT2D eigenvalue weighted by molar-refractivity contribution is -0.145. The number of carboxylic acids is 1. The normalized spacial score (nSPS) is 14.6. The van der Waals surface area contributed by atoms with E-state index in [1.54, 1.807) is 0 Å². The second-order valence-electron chi connectivity index (χ2n) is 5.21. The van der Waals surface area contributed by atoms with Crippen molar-refractivity contribution in [1.29, 1.82) is 0 Å². The molecule has 19 heavy (non-hydrogen) atoms. The SMILES string of the molecule is CCCNC(CC)(CCCN(CC)CCC)C(=O)O. The average molecular weight is 272 g/mol. The summed E-state index contributed by atoms with van der Waals surface area (Å²) in [7, 11) is 0. The minimum atomic E-state index is -0.734. The molecule has 0 saturated heterocycles. The molecule has 0 radical (unpaired) electrons. The highest BCUT2D eigenvalue weighted by Gasteiger charge is 2.35. The van der Waals surface area contributed by atoms with Crippen LogP contribution < -0.4 is 5.32 Å². The number of nitrogens with one attached hydrogen (secondary N) is 1. The Labute approximate surface area is 118 Å². The van der Waals surface area contributed by atoms with Gasteiger partial charge in [0.15, 0.2) is 0 Å². The predicted molar refractivity (Wildman–Crippen MR) is 80.6 cm³/mol. The molecule has 2 N–H and O–H groups in total. The zero-order valence-electron chi connectivity index (χ0n) is 13.2. The van der Waals surface area contributed by atoms with Gasteiger partial charge in [-0.05, 0) is 58.3 Å². The molecule has 1 unspecified atom stereocenters. The molecule has 0 saturated carbocycles. The van der Waals surface area contributed by atoms with Crippen LogP contribution in [0.15, 0.2) is 0 Å². The molecular formula is C15H32N2O2. The molecule has 0 bridgehead atoms. The summed E-state index contributed by atoms with van der Waals surface area (Å²) in [5, 5.41) is 12.7. The molecule has 0 aliphatic heterocycles. The van der Waals surface area contributed by atoms with E-state index in [1.807, 2.05) is 6.92 Å². The van der Waals surface area contributed by atoms with Crippen LogP contribution in [0.3, 0.4) is 0 Å². The number of nitrogens with zero attached hydrogens (tertiary/aromatic N) is 1. The molecule has 0 aliphatic carbocycles. The number of hydrogen-bond acceptors (Lipinski definition) is 3. The fraction of sp³-hybridized carbons (Fsp3) is 0.933. The van der Waals surface area contributed by atoms with E-state index >= 15 is 0 Å². The summed E-state index contributed by atoms with van der Waals surface area (Å²) in [4.78, 5) is 13.9. The Bertz CT molecular complexity index is 246. The van der Waals surface area contributed by atoms with E-state index in [4.69, 9.17) is 0 Å². The van der Waals surface area contributed by atoms with Gasteiger partial charge in [-0.25, -0.2) is 0 Å². The largest absolute Gasteiger partial charge is 0.480 e. The van der Waals surface area contributed by atoms with Crippen LogP contribution in [0.25, 0.3) is 0 Å². The van der Waals surface area contributed by atoms with Gasteiger partial charge in [-0.1, -0.05) is 27.7 Å². The first-order chi connectivity index (χ1) is 9.06. The van der Waals surface area contributed by atoms with Gasteiger partial charge in [0, 0.05) is 0 Å². The quantitative estimate of drug-likeness (QED) is 0.573. The Morgan fingerprint density at radius 2 is 1.84 bits per heavy atom. The lowest BCUT2D eigenvalue weighted by Crippen LogP contribution is -2.52. The topological polar surface area (TPSA) is 52.6 Å². The monoisotopic (exact) mass is 272 g/mol. The van der Waals surface area contributed by atoms with Gasteiger partial charge in [0.2, 0.25) is 0 Å². The number of hydrogen-bond donors (Lipinski definition) is 2. The molecule has 0 fully saturated rings. The average Bonchev–Trinajstić information content (AvgIpc) is 2.41. The van der Waals surface area contributed by atoms with Gasteiger partial charge in [0.25, 0.3) is 0 Å². The van der Waals surface area contributed by atoms with E-state index < -0.39 is 11.5 Å². The van der Waals surface area contributed by atoms with Crippen molar-refractivity contribution >= 4 is 5.97 Å². The van der Waals surface area contributed by atoms with Crippen molar-refractivity contribution in [2.75, 3.05) is 26.2 Å². The van der Waals surface area contributed by atoms with Gasteiger partial charge in [0.1, 0.15) is 5.54 Å². The van der Waals surface area contributed by atoms with Gasteiger partial charge in [-0.3, -0.25) is 4.79 Å². The highest BCUT2D eigenvalue weighted by Crippen LogP contribution is 2.18. The van der Waals surface area contributed by atoms with E-state index in [2.05, 4.69) is 31.0 Å². The van der Waals surface area contributed by atoms with Crippen LogP contribution in [-0.2, 0) is 4.79 Å². The zero-order chi connectivity index (χ0) is 14.7. The van der Waals surface area contributed by atoms with Crippen LogP contribution in [-0.4, -0.2) is 47.7 Å². The van der Waals surface area contributed by atoms with Crippen LogP contribution in [0, 0.1) is 0 Å². The first kappa shape index (κ1) is 18.4. The summed E-state index contributed by atoms with van der Waals surface area (Å²) in [6.07, 6.45) is 4.40. The minimum absolute atomic E-state index is 0.641. The van der Waals surface area contributed by atoms with Crippen molar-refractivity contribution in [2.45, 2.75) is 65.3 Å². The smallest absolute Gasteiger partial charge is 0.323 e. The van der Waals surface area contributed by atoms with E-state index in [0.717, 1.165) is 45.4 Å². The Hall–Kier alpha value is -0.610. The van der Waals surface area contributed by atoms with E-state index in [0.29, 0.717) is 12.8 Å². The van der Waals surface area contributed by atoms with Crippen LogP contribution in [0.1, 0.15) is 59.8 Å². The lowest BCUT2D eigenvalue weighted by atomic mass is 9.90. The molecule has 0 aromatic rings. The van der Waals surface area contributed by atoms with Crippen molar-refractivity contribution in [3.63, 3.8) is 0 Å².